The van der Waals surface area contributed by atoms with Crippen molar-refractivity contribution in [3.8, 4) is 39.1 Å². The third-order valence-corrected chi connectivity index (χ3v) is 9.17. The molecule has 202 valence electrons. The minimum absolute atomic E-state index is 0.0843. The topological polar surface area (TPSA) is 9.23 Å². The lowest BCUT2D eigenvalue weighted by Crippen LogP contribution is -2.15. The van der Waals surface area contributed by atoms with Crippen LogP contribution in [0, 0.1) is 0 Å². The van der Waals surface area contributed by atoms with Gasteiger partial charge in [0.25, 0.3) is 0 Å². The molecule has 2 unspecified atom stereocenters. The SMILES string of the molecule is C1=CC2Oc3ccc(-c4c5ccccc5c(-c5cccc(-c6ccc7ccccc7c6)c5)c5ccccc45)cc3C2C=C1. The van der Waals surface area contributed by atoms with E-state index in [4.69, 9.17) is 4.74 Å². The lowest BCUT2D eigenvalue weighted by atomic mass is 9.84. The Hall–Kier alpha value is -5.40. The Labute approximate surface area is 251 Å². The number of fused-ring (bicyclic) bond motifs is 6. The molecule has 0 saturated carbocycles. The van der Waals surface area contributed by atoms with Gasteiger partial charge in [0, 0.05) is 11.5 Å². The molecule has 0 amide bonds. The van der Waals surface area contributed by atoms with E-state index in [1.807, 2.05) is 0 Å². The van der Waals surface area contributed by atoms with Crippen LogP contribution in [0.15, 0.2) is 158 Å². The summed E-state index contributed by atoms with van der Waals surface area (Å²) in [5.41, 5.74) is 8.75. The highest BCUT2D eigenvalue weighted by atomic mass is 16.5. The molecule has 0 fully saturated rings. The van der Waals surface area contributed by atoms with Crippen LogP contribution in [0.2, 0.25) is 0 Å². The molecule has 0 N–H and O–H groups in total. The molecular formula is C42H28O. The van der Waals surface area contributed by atoms with Crippen molar-refractivity contribution in [1.29, 1.82) is 0 Å². The maximum Gasteiger partial charge on any atom is 0.128 e. The van der Waals surface area contributed by atoms with Gasteiger partial charge in [0.2, 0.25) is 0 Å². The minimum Gasteiger partial charge on any atom is -0.485 e. The summed E-state index contributed by atoms with van der Waals surface area (Å²) in [5, 5.41) is 7.59. The van der Waals surface area contributed by atoms with Crippen LogP contribution >= 0.6 is 0 Å². The van der Waals surface area contributed by atoms with E-state index >= 15 is 0 Å². The Bertz CT molecular complexity index is 2230. The van der Waals surface area contributed by atoms with Gasteiger partial charge in [0.15, 0.2) is 0 Å². The first kappa shape index (κ1) is 24.2. The number of hydrogen-bond donors (Lipinski definition) is 0. The second-order valence-electron chi connectivity index (χ2n) is 11.6. The Morgan fingerprint density at radius 1 is 0.419 bits per heavy atom. The van der Waals surface area contributed by atoms with Crippen molar-refractivity contribution in [3.63, 3.8) is 0 Å². The lowest BCUT2D eigenvalue weighted by molar-refractivity contribution is 0.269. The predicted octanol–water partition coefficient (Wildman–Crippen LogP) is 11.1. The standard InChI is InChI=1S/C42H28O/c1-2-11-28-24-30(21-20-27(28)10-1)29-12-9-13-31(25-29)41-34-15-3-5-17-36(34)42(37-18-6-4-16-35(37)41)32-22-23-40-38(26-32)33-14-7-8-19-39(33)43-40/h1-26,33,39H. The van der Waals surface area contributed by atoms with Crippen molar-refractivity contribution < 1.29 is 4.74 Å². The van der Waals surface area contributed by atoms with Crippen molar-refractivity contribution in [2.45, 2.75) is 12.0 Å². The first-order valence-corrected chi connectivity index (χ1v) is 15.0. The summed E-state index contributed by atoms with van der Waals surface area (Å²) in [5.74, 6) is 1.25. The summed E-state index contributed by atoms with van der Waals surface area (Å²) in [7, 11) is 0. The van der Waals surface area contributed by atoms with E-state index in [-0.39, 0.29) is 12.0 Å². The molecule has 0 spiro atoms. The molecular weight excluding hydrogens is 520 g/mol. The van der Waals surface area contributed by atoms with Gasteiger partial charge in [-0.15, -0.1) is 0 Å². The number of ether oxygens (including phenoxy) is 1. The smallest absolute Gasteiger partial charge is 0.128 e. The Morgan fingerprint density at radius 2 is 1.00 bits per heavy atom. The maximum atomic E-state index is 6.29. The number of allylic oxidation sites excluding steroid dienone is 2. The number of benzene rings is 7. The zero-order valence-electron chi connectivity index (χ0n) is 23.6. The van der Waals surface area contributed by atoms with Crippen LogP contribution < -0.4 is 4.74 Å². The fraction of sp³-hybridized carbons (Fsp3) is 0.0476. The second-order valence-corrected chi connectivity index (χ2v) is 11.6. The fourth-order valence-electron chi connectivity index (χ4n) is 7.17. The summed E-state index contributed by atoms with van der Waals surface area (Å²) in [4.78, 5) is 0. The normalized spacial score (nSPS) is 16.8. The lowest BCUT2D eigenvalue weighted by Gasteiger charge is -2.19. The molecule has 7 aromatic carbocycles. The monoisotopic (exact) mass is 548 g/mol. The van der Waals surface area contributed by atoms with Gasteiger partial charge in [-0.3, -0.25) is 0 Å². The summed E-state index contributed by atoms with van der Waals surface area (Å²) in [6, 6.07) is 48.9. The molecule has 1 nitrogen and oxygen atoms in total. The summed E-state index contributed by atoms with van der Waals surface area (Å²) in [6.07, 6.45) is 8.74. The van der Waals surface area contributed by atoms with Crippen molar-refractivity contribution in [3.05, 3.63) is 163 Å². The Morgan fingerprint density at radius 3 is 1.74 bits per heavy atom. The zero-order valence-corrected chi connectivity index (χ0v) is 23.6. The predicted molar refractivity (Wildman–Crippen MR) is 181 cm³/mol. The van der Waals surface area contributed by atoms with Crippen LogP contribution in [0.5, 0.6) is 5.75 Å². The molecule has 1 heterocycles. The largest absolute Gasteiger partial charge is 0.485 e. The van der Waals surface area contributed by atoms with Crippen LogP contribution in [-0.2, 0) is 0 Å². The molecule has 43 heavy (non-hydrogen) atoms. The molecule has 9 rings (SSSR count). The molecule has 1 aliphatic carbocycles. The van der Waals surface area contributed by atoms with Crippen LogP contribution in [0.25, 0.3) is 65.7 Å². The Balaban J connectivity index is 1.26. The minimum atomic E-state index is 0.0843. The fourth-order valence-corrected chi connectivity index (χ4v) is 7.17. The third kappa shape index (κ3) is 3.86. The zero-order chi connectivity index (χ0) is 28.3. The van der Waals surface area contributed by atoms with Gasteiger partial charge in [-0.25, -0.2) is 0 Å². The van der Waals surface area contributed by atoms with E-state index in [1.165, 1.54) is 71.3 Å². The molecule has 0 bridgehead atoms. The van der Waals surface area contributed by atoms with Gasteiger partial charge in [0.05, 0.1) is 0 Å². The second kappa shape index (κ2) is 9.58. The van der Waals surface area contributed by atoms with Crippen molar-refractivity contribution >= 4 is 32.3 Å². The van der Waals surface area contributed by atoms with E-state index in [1.54, 1.807) is 0 Å². The summed E-state index contributed by atoms with van der Waals surface area (Å²) in [6.45, 7) is 0. The van der Waals surface area contributed by atoms with Gasteiger partial charge >= 0.3 is 0 Å². The quantitative estimate of drug-likeness (QED) is 0.200. The molecule has 0 radical (unpaired) electrons. The maximum absolute atomic E-state index is 6.29. The first-order valence-electron chi connectivity index (χ1n) is 15.0. The highest BCUT2D eigenvalue weighted by Gasteiger charge is 2.32. The molecule has 1 aliphatic heterocycles. The van der Waals surface area contributed by atoms with Crippen molar-refractivity contribution in [2.24, 2.45) is 0 Å². The van der Waals surface area contributed by atoms with Crippen LogP contribution in [0.4, 0.5) is 0 Å². The third-order valence-electron chi connectivity index (χ3n) is 9.17. The molecule has 2 atom stereocenters. The van der Waals surface area contributed by atoms with Gasteiger partial charge in [-0.05, 0) is 96.0 Å². The molecule has 7 aromatic rings. The van der Waals surface area contributed by atoms with Gasteiger partial charge < -0.3 is 4.74 Å². The summed E-state index contributed by atoms with van der Waals surface area (Å²) >= 11 is 0. The number of rotatable bonds is 3. The van der Waals surface area contributed by atoms with Gasteiger partial charge in [-0.1, -0.05) is 127 Å². The van der Waals surface area contributed by atoms with E-state index < -0.39 is 0 Å². The number of hydrogen-bond acceptors (Lipinski definition) is 1. The van der Waals surface area contributed by atoms with Crippen molar-refractivity contribution in [1.82, 2.24) is 0 Å². The van der Waals surface area contributed by atoms with E-state index in [2.05, 4.69) is 158 Å². The molecule has 2 aliphatic rings. The van der Waals surface area contributed by atoms with E-state index in [0.717, 1.165) is 5.75 Å². The molecule has 0 aromatic heterocycles. The van der Waals surface area contributed by atoms with Gasteiger partial charge in [0.1, 0.15) is 11.9 Å². The highest BCUT2D eigenvalue weighted by molar-refractivity contribution is 6.21. The Kier molecular flexibility index (Phi) is 5.39. The van der Waals surface area contributed by atoms with Crippen LogP contribution in [-0.4, -0.2) is 6.10 Å². The van der Waals surface area contributed by atoms with Gasteiger partial charge in [-0.2, -0.15) is 0 Å². The van der Waals surface area contributed by atoms with Crippen molar-refractivity contribution in [2.75, 3.05) is 0 Å². The van der Waals surface area contributed by atoms with E-state index in [0.29, 0.717) is 0 Å². The average Bonchev–Trinajstić information content (AvgIpc) is 3.45. The van der Waals surface area contributed by atoms with Crippen LogP contribution in [0.1, 0.15) is 11.5 Å². The average molecular weight is 549 g/mol. The van der Waals surface area contributed by atoms with Crippen LogP contribution in [0.3, 0.4) is 0 Å². The molecule has 0 saturated heterocycles. The van der Waals surface area contributed by atoms with E-state index in [9.17, 15) is 0 Å². The molecule has 1 heteroatoms. The first-order chi connectivity index (χ1) is 21.3. The highest BCUT2D eigenvalue weighted by Crippen LogP contribution is 2.47. The summed E-state index contributed by atoms with van der Waals surface area (Å²) < 4.78 is 6.29.